The highest BCUT2D eigenvalue weighted by atomic mass is 32.2. The minimum atomic E-state index is -3.98. The molecular weight excluding hydrogens is 445 g/mol. The fourth-order valence-corrected chi connectivity index (χ4v) is 4.13. The Morgan fingerprint density at radius 2 is 1.64 bits per heavy atom. The maximum Gasteiger partial charge on any atom is 0.244 e. The summed E-state index contributed by atoms with van der Waals surface area (Å²) in [5, 5.41) is 2.85. The number of sulfonamides is 1. The van der Waals surface area contributed by atoms with Gasteiger partial charge < -0.3 is 10.2 Å². The molecule has 0 heterocycles. The van der Waals surface area contributed by atoms with Crippen molar-refractivity contribution >= 4 is 27.5 Å². The van der Waals surface area contributed by atoms with Crippen molar-refractivity contribution in [1.29, 1.82) is 0 Å². The van der Waals surface area contributed by atoms with E-state index < -0.39 is 39.9 Å². The molecule has 2 amide bonds. The van der Waals surface area contributed by atoms with Gasteiger partial charge in [-0.05, 0) is 57.9 Å². The van der Waals surface area contributed by atoms with E-state index in [9.17, 15) is 22.4 Å². The number of benzene rings is 2. The average molecular weight is 478 g/mol. The van der Waals surface area contributed by atoms with Gasteiger partial charge in [0.1, 0.15) is 18.4 Å². The van der Waals surface area contributed by atoms with Crippen LogP contribution in [0.15, 0.2) is 48.5 Å². The van der Waals surface area contributed by atoms with Crippen molar-refractivity contribution in [3.05, 3.63) is 65.5 Å². The number of halogens is 1. The smallest absolute Gasteiger partial charge is 0.244 e. The van der Waals surface area contributed by atoms with Crippen molar-refractivity contribution in [2.24, 2.45) is 0 Å². The molecule has 2 aromatic carbocycles. The van der Waals surface area contributed by atoms with Gasteiger partial charge in [0.15, 0.2) is 0 Å². The first-order valence-corrected chi connectivity index (χ1v) is 12.4. The molecule has 180 valence electrons. The average Bonchev–Trinajstić information content (AvgIpc) is 2.69. The van der Waals surface area contributed by atoms with Crippen LogP contribution in [-0.4, -0.2) is 49.5 Å². The van der Waals surface area contributed by atoms with E-state index in [2.05, 4.69) is 5.32 Å². The zero-order valence-electron chi connectivity index (χ0n) is 19.9. The second kappa shape index (κ2) is 10.3. The maximum atomic E-state index is 14.4. The number of rotatable bonds is 8. The summed E-state index contributed by atoms with van der Waals surface area (Å²) in [6.45, 7) is 8.42. The summed E-state index contributed by atoms with van der Waals surface area (Å²) >= 11 is 0. The zero-order chi connectivity index (χ0) is 25.0. The van der Waals surface area contributed by atoms with Crippen LogP contribution in [0, 0.1) is 12.7 Å². The number of aryl methyl sites for hydroxylation is 1. The van der Waals surface area contributed by atoms with E-state index in [1.165, 1.54) is 23.1 Å². The van der Waals surface area contributed by atoms with Gasteiger partial charge in [-0.15, -0.1) is 0 Å². The fourth-order valence-electron chi connectivity index (χ4n) is 3.28. The van der Waals surface area contributed by atoms with E-state index in [0.717, 1.165) is 27.8 Å². The minimum Gasteiger partial charge on any atom is -0.350 e. The second-order valence-electron chi connectivity index (χ2n) is 9.08. The molecule has 9 heteroatoms. The molecule has 1 atom stereocenters. The Hall–Kier alpha value is -2.94. The third-order valence-corrected chi connectivity index (χ3v) is 6.19. The number of hydrogen-bond acceptors (Lipinski definition) is 4. The number of nitrogens with one attached hydrogen (secondary N) is 1. The molecule has 0 saturated heterocycles. The van der Waals surface area contributed by atoms with E-state index in [4.69, 9.17) is 0 Å². The standard InChI is InChI=1S/C24H32FN3O4S/c1-17-11-7-8-12-19(17)15-27(18(2)23(30)26-24(3,4)5)22(29)16-28(33(6,31)32)21-14-10-9-13-20(21)25/h7-14,18H,15-16H2,1-6H3,(H,26,30)/t18-/m1/s1. The van der Waals surface area contributed by atoms with Gasteiger partial charge in [-0.2, -0.15) is 0 Å². The van der Waals surface area contributed by atoms with Crippen LogP contribution in [0.1, 0.15) is 38.8 Å². The summed E-state index contributed by atoms with van der Waals surface area (Å²) < 4.78 is 40.0. The third-order valence-electron chi connectivity index (χ3n) is 5.07. The van der Waals surface area contributed by atoms with Crippen molar-refractivity contribution in [2.75, 3.05) is 17.1 Å². The first kappa shape index (κ1) is 26.3. The quantitative estimate of drug-likeness (QED) is 0.633. The Balaban J connectivity index is 2.43. The summed E-state index contributed by atoms with van der Waals surface area (Å²) in [6, 6.07) is 11.9. The van der Waals surface area contributed by atoms with Gasteiger partial charge in [-0.1, -0.05) is 36.4 Å². The molecule has 0 aliphatic rings. The lowest BCUT2D eigenvalue weighted by atomic mass is 10.1. The van der Waals surface area contributed by atoms with Crippen molar-refractivity contribution in [2.45, 2.75) is 52.7 Å². The molecule has 0 bridgehead atoms. The Bertz CT molecular complexity index is 1110. The first-order chi connectivity index (χ1) is 15.2. The van der Waals surface area contributed by atoms with E-state index in [-0.39, 0.29) is 18.1 Å². The van der Waals surface area contributed by atoms with E-state index in [1.807, 2.05) is 52.0 Å². The van der Waals surface area contributed by atoms with Crippen LogP contribution in [-0.2, 0) is 26.2 Å². The molecule has 0 aromatic heterocycles. The first-order valence-electron chi connectivity index (χ1n) is 10.6. The van der Waals surface area contributed by atoms with Crippen LogP contribution in [0.25, 0.3) is 0 Å². The summed E-state index contributed by atoms with van der Waals surface area (Å²) in [5.41, 5.74) is 0.996. The SMILES string of the molecule is Cc1ccccc1CN(C(=O)CN(c1ccccc1F)S(C)(=O)=O)[C@H](C)C(=O)NC(C)(C)C. The molecule has 2 rings (SSSR count). The van der Waals surface area contributed by atoms with E-state index in [1.54, 1.807) is 6.92 Å². The second-order valence-corrected chi connectivity index (χ2v) is 11.0. The number of nitrogens with zero attached hydrogens (tertiary/aromatic N) is 2. The third kappa shape index (κ3) is 7.28. The summed E-state index contributed by atoms with van der Waals surface area (Å²) in [4.78, 5) is 27.6. The highest BCUT2D eigenvalue weighted by molar-refractivity contribution is 7.92. The van der Waals surface area contributed by atoms with Gasteiger partial charge in [0.05, 0.1) is 11.9 Å². The zero-order valence-corrected chi connectivity index (χ0v) is 20.7. The van der Waals surface area contributed by atoms with Crippen molar-refractivity contribution < 1.29 is 22.4 Å². The predicted octanol–water partition coefficient (Wildman–Crippen LogP) is 3.23. The largest absolute Gasteiger partial charge is 0.350 e. The molecule has 0 fully saturated rings. The molecule has 1 N–H and O–H groups in total. The molecule has 0 radical (unpaired) electrons. The molecule has 2 aromatic rings. The predicted molar refractivity (Wildman–Crippen MR) is 128 cm³/mol. The number of carbonyl (C=O) groups is 2. The van der Waals surface area contributed by atoms with Crippen molar-refractivity contribution in [1.82, 2.24) is 10.2 Å². The lowest BCUT2D eigenvalue weighted by Gasteiger charge is -2.33. The highest BCUT2D eigenvalue weighted by Gasteiger charge is 2.32. The number of para-hydroxylation sites is 1. The maximum absolute atomic E-state index is 14.4. The van der Waals surface area contributed by atoms with Crippen LogP contribution in [0.4, 0.5) is 10.1 Å². The van der Waals surface area contributed by atoms with Crippen LogP contribution < -0.4 is 9.62 Å². The lowest BCUT2D eigenvalue weighted by molar-refractivity contribution is -0.140. The number of hydrogen-bond donors (Lipinski definition) is 1. The molecule has 0 aliphatic heterocycles. The van der Waals surface area contributed by atoms with E-state index >= 15 is 0 Å². The van der Waals surface area contributed by atoms with Gasteiger partial charge >= 0.3 is 0 Å². The minimum absolute atomic E-state index is 0.0963. The van der Waals surface area contributed by atoms with Gasteiger partial charge in [-0.3, -0.25) is 13.9 Å². The number of carbonyl (C=O) groups excluding carboxylic acids is 2. The fraction of sp³-hybridized carbons (Fsp3) is 0.417. The van der Waals surface area contributed by atoms with E-state index in [0.29, 0.717) is 0 Å². The van der Waals surface area contributed by atoms with Crippen molar-refractivity contribution in [3.8, 4) is 0 Å². The van der Waals surface area contributed by atoms with Gasteiger partial charge in [0.25, 0.3) is 0 Å². The van der Waals surface area contributed by atoms with Crippen LogP contribution >= 0.6 is 0 Å². The Morgan fingerprint density at radius 1 is 1.06 bits per heavy atom. The molecular formula is C24H32FN3O4S. The number of anilines is 1. The van der Waals surface area contributed by atoms with Gasteiger partial charge in [0, 0.05) is 12.1 Å². The topological polar surface area (TPSA) is 86.8 Å². The van der Waals surface area contributed by atoms with Gasteiger partial charge in [0.2, 0.25) is 21.8 Å². The molecule has 0 aliphatic carbocycles. The van der Waals surface area contributed by atoms with Crippen molar-refractivity contribution in [3.63, 3.8) is 0 Å². The van der Waals surface area contributed by atoms with Crippen LogP contribution in [0.2, 0.25) is 0 Å². The molecule has 0 saturated carbocycles. The monoisotopic (exact) mass is 477 g/mol. The van der Waals surface area contributed by atoms with Gasteiger partial charge in [-0.25, -0.2) is 12.8 Å². The summed E-state index contributed by atoms with van der Waals surface area (Å²) in [5.74, 6) is -1.76. The Labute approximate surface area is 195 Å². The highest BCUT2D eigenvalue weighted by Crippen LogP contribution is 2.22. The number of amides is 2. The molecule has 33 heavy (non-hydrogen) atoms. The molecule has 0 spiro atoms. The summed E-state index contributed by atoms with van der Waals surface area (Å²) in [7, 11) is -3.98. The van der Waals surface area contributed by atoms with Crippen LogP contribution in [0.5, 0.6) is 0 Å². The molecule has 0 unspecified atom stereocenters. The Morgan fingerprint density at radius 3 is 2.18 bits per heavy atom. The lowest BCUT2D eigenvalue weighted by Crippen LogP contribution is -2.54. The van der Waals surface area contributed by atoms with Crippen LogP contribution in [0.3, 0.4) is 0 Å². The Kier molecular flexibility index (Phi) is 8.24. The molecule has 7 nitrogen and oxygen atoms in total. The summed E-state index contributed by atoms with van der Waals surface area (Å²) in [6.07, 6.45) is 0.911. The normalized spacial score (nSPS) is 12.7.